The molecule has 2 heterocycles. The van der Waals surface area contributed by atoms with Gasteiger partial charge in [0, 0.05) is 39.3 Å². The molecule has 1 aliphatic rings. The van der Waals surface area contributed by atoms with Crippen LogP contribution in [0.3, 0.4) is 0 Å². The molecule has 0 unspecified atom stereocenters. The summed E-state index contributed by atoms with van der Waals surface area (Å²) in [5.74, 6) is 1.70. The predicted octanol–water partition coefficient (Wildman–Crippen LogP) is 2.26. The highest BCUT2D eigenvalue weighted by atomic mass is 16.4. The van der Waals surface area contributed by atoms with Gasteiger partial charge in [0.25, 0.3) is 0 Å². The van der Waals surface area contributed by atoms with E-state index in [4.69, 9.17) is 4.42 Å². The molecule has 0 saturated heterocycles. The number of nitrogens with zero attached hydrogens (tertiary/aromatic N) is 2. The maximum absolute atomic E-state index is 12.3. The van der Waals surface area contributed by atoms with Gasteiger partial charge in [0.1, 0.15) is 11.5 Å². The van der Waals surface area contributed by atoms with Gasteiger partial charge in [-0.1, -0.05) is 30.3 Å². The van der Waals surface area contributed by atoms with Crippen LogP contribution in [0.1, 0.15) is 42.7 Å². The molecule has 0 saturated carbocycles. The highest BCUT2D eigenvalue weighted by molar-refractivity contribution is 5.76. The average molecular weight is 355 g/mol. The zero-order valence-electron chi connectivity index (χ0n) is 15.2. The molecule has 6 heteroatoms. The van der Waals surface area contributed by atoms with Crippen LogP contribution in [-0.2, 0) is 35.4 Å². The van der Waals surface area contributed by atoms with Gasteiger partial charge in [-0.15, -0.1) is 0 Å². The van der Waals surface area contributed by atoms with Crippen molar-refractivity contribution in [3.05, 3.63) is 53.2 Å². The van der Waals surface area contributed by atoms with E-state index in [1.807, 2.05) is 23.1 Å². The second-order valence-corrected chi connectivity index (χ2v) is 6.61. The lowest BCUT2D eigenvalue weighted by atomic mass is 10.1. The van der Waals surface area contributed by atoms with Crippen LogP contribution in [0, 0.1) is 0 Å². The minimum Gasteiger partial charge on any atom is -0.445 e. The second-order valence-electron chi connectivity index (χ2n) is 6.61. The first kappa shape index (κ1) is 18.2. The number of rotatable bonds is 7. The molecule has 2 amide bonds. The van der Waals surface area contributed by atoms with Crippen molar-refractivity contribution in [2.45, 2.75) is 45.6 Å². The molecule has 6 nitrogen and oxygen atoms in total. The van der Waals surface area contributed by atoms with Gasteiger partial charge in [-0.05, 0) is 18.4 Å². The summed E-state index contributed by atoms with van der Waals surface area (Å²) >= 11 is 0. The number of nitrogens with one attached hydrogen (secondary N) is 1. The van der Waals surface area contributed by atoms with Crippen LogP contribution in [0.2, 0.25) is 0 Å². The molecular weight excluding hydrogens is 330 g/mol. The molecule has 0 aliphatic carbocycles. The van der Waals surface area contributed by atoms with E-state index in [1.165, 1.54) is 12.5 Å². The first-order valence-corrected chi connectivity index (χ1v) is 9.15. The minimum absolute atomic E-state index is 0.0642. The van der Waals surface area contributed by atoms with Gasteiger partial charge in [-0.2, -0.15) is 0 Å². The third kappa shape index (κ3) is 4.94. The monoisotopic (exact) mass is 355 g/mol. The number of benzene rings is 1. The first-order chi connectivity index (χ1) is 12.6. The summed E-state index contributed by atoms with van der Waals surface area (Å²) in [4.78, 5) is 29.6. The highest BCUT2D eigenvalue weighted by Crippen LogP contribution is 2.21. The van der Waals surface area contributed by atoms with Crippen molar-refractivity contribution in [3.63, 3.8) is 0 Å². The zero-order chi connectivity index (χ0) is 18.4. The van der Waals surface area contributed by atoms with Crippen molar-refractivity contribution in [2.75, 3.05) is 13.1 Å². The number of hydrogen-bond acceptors (Lipinski definition) is 4. The Kier molecular flexibility index (Phi) is 6.04. The average Bonchev–Trinajstić information content (AvgIpc) is 3.06. The lowest BCUT2D eigenvalue weighted by Gasteiger charge is -2.25. The number of fused-ring (bicyclic) bond motifs is 1. The van der Waals surface area contributed by atoms with E-state index in [0.717, 1.165) is 30.2 Å². The Balaban J connectivity index is 1.49. The van der Waals surface area contributed by atoms with Crippen molar-refractivity contribution in [1.29, 1.82) is 0 Å². The summed E-state index contributed by atoms with van der Waals surface area (Å²) in [6.07, 6.45) is 3.47. The summed E-state index contributed by atoms with van der Waals surface area (Å²) in [7, 11) is 0. The number of aromatic nitrogens is 1. The first-order valence-electron chi connectivity index (χ1n) is 9.15. The Morgan fingerprint density at radius 1 is 1.23 bits per heavy atom. The molecule has 2 aromatic rings. The van der Waals surface area contributed by atoms with Gasteiger partial charge in [0.05, 0.1) is 6.54 Å². The van der Waals surface area contributed by atoms with Gasteiger partial charge >= 0.3 is 0 Å². The lowest BCUT2D eigenvalue weighted by molar-refractivity contribution is -0.132. The van der Waals surface area contributed by atoms with Crippen molar-refractivity contribution in [3.8, 4) is 0 Å². The van der Waals surface area contributed by atoms with Gasteiger partial charge in [-0.3, -0.25) is 9.59 Å². The molecule has 0 fully saturated rings. The van der Waals surface area contributed by atoms with E-state index in [2.05, 4.69) is 22.4 Å². The molecule has 0 radical (unpaired) electrons. The fraction of sp³-hybridized carbons (Fsp3) is 0.450. The lowest BCUT2D eigenvalue weighted by Crippen LogP contribution is -2.36. The van der Waals surface area contributed by atoms with Gasteiger partial charge in [0.2, 0.25) is 11.8 Å². The minimum atomic E-state index is -0.0642. The molecule has 0 spiro atoms. The maximum atomic E-state index is 12.3. The summed E-state index contributed by atoms with van der Waals surface area (Å²) in [6.45, 7) is 3.20. The van der Waals surface area contributed by atoms with Gasteiger partial charge in [-0.25, -0.2) is 4.98 Å². The molecule has 1 aromatic heterocycles. The SMILES string of the molecule is CC(=O)NCCCC(=O)N1CCc2oc(CCc3ccccc3)nc2C1. The molecule has 0 atom stereocenters. The number of carbonyl (C=O) groups excluding carboxylic acids is 2. The third-order valence-corrected chi connectivity index (χ3v) is 4.54. The quantitative estimate of drug-likeness (QED) is 0.773. The fourth-order valence-corrected chi connectivity index (χ4v) is 3.13. The molecule has 1 aromatic carbocycles. The highest BCUT2D eigenvalue weighted by Gasteiger charge is 2.25. The van der Waals surface area contributed by atoms with Gasteiger partial charge in [0.15, 0.2) is 5.89 Å². The van der Waals surface area contributed by atoms with Crippen LogP contribution >= 0.6 is 0 Å². The van der Waals surface area contributed by atoms with Crippen molar-refractivity contribution in [2.24, 2.45) is 0 Å². The van der Waals surface area contributed by atoms with Crippen LogP contribution < -0.4 is 5.32 Å². The van der Waals surface area contributed by atoms with Crippen LogP contribution in [0.5, 0.6) is 0 Å². The van der Waals surface area contributed by atoms with E-state index in [9.17, 15) is 9.59 Å². The Bertz CT molecular complexity index is 755. The summed E-state index contributed by atoms with van der Waals surface area (Å²) in [6, 6.07) is 10.3. The normalized spacial score (nSPS) is 13.3. The molecule has 3 rings (SSSR count). The molecule has 1 aliphatic heterocycles. The van der Waals surface area contributed by atoms with Crippen LogP contribution in [0.25, 0.3) is 0 Å². The molecule has 26 heavy (non-hydrogen) atoms. The summed E-state index contributed by atoms with van der Waals surface area (Å²) in [5, 5.41) is 2.71. The molecular formula is C20H25N3O3. The Morgan fingerprint density at radius 2 is 2.04 bits per heavy atom. The fourth-order valence-electron chi connectivity index (χ4n) is 3.13. The standard InChI is InChI=1S/C20H25N3O3/c1-15(24)21-12-5-8-20(25)23-13-11-18-17(14-23)22-19(26-18)10-9-16-6-3-2-4-7-16/h2-4,6-7H,5,8-14H2,1H3,(H,21,24). The largest absolute Gasteiger partial charge is 0.445 e. The molecule has 0 bridgehead atoms. The maximum Gasteiger partial charge on any atom is 0.223 e. The Morgan fingerprint density at radius 3 is 2.81 bits per heavy atom. The number of carbonyl (C=O) groups is 2. The Hall–Kier alpha value is -2.63. The topological polar surface area (TPSA) is 75.4 Å². The van der Waals surface area contributed by atoms with Crippen LogP contribution in [0.4, 0.5) is 0 Å². The van der Waals surface area contributed by atoms with Crippen LogP contribution in [-0.4, -0.2) is 34.8 Å². The summed E-state index contributed by atoms with van der Waals surface area (Å²) in [5.41, 5.74) is 2.15. The third-order valence-electron chi connectivity index (χ3n) is 4.54. The van der Waals surface area contributed by atoms with Crippen LogP contribution in [0.15, 0.2) is 34.7 Å². The molecule has 1 N–H and O–H groups in total. The van der Waals surface area contributed by atoms with Crippen molar-refractivity contribution >= 4 is 11.8 Å². The number of aryl methyl sites for hydroxylation is 2. The number of hydrogen-bond donors (Lipinski definition) is 1. The van der Waals surface area contributed by atoms with E-state index >= 15 is 0 Å². The Labute approximate surface area is 153 Å². The van der Waals surface area contributed by atoms with E-state index in [-0.39, 0.29) is 11.8 Å². The summed E-state index contributed by atoms with van der Waals surface area (Å²) < 4.78 is 5.88. The predicted molar refractivity (Wildman–Crippen MR) is 97.4 cm³/mol. The second kappa shape index (κ2) is 8.65. The number of oxazole rings is 1. The number of amides is 2. The van der Waals surface area contributed by atoms with E-state index < -0.39 is 0 Å². The van der Waals surface area contributed by atoms with E-state index in [1.54, 1.807) is 0 Å². The van der Waals surface area contributed by atoms with E-state index in [0.29, 0.717) is 38.9 Å². The van der Waals surface area contributed by atoms with Crippen molar-refractivity contribution < 1.29 is 14.0 Å². The van der Waals surface area contributed by atoms with Crippen molar-refractivity contribution in [1.82, 2.24) is 15.2 Å². The molecule has 138 valence electrons. The smallest absolute Gasteiger partial charge is 0.223 e. The zero-order valence-corrected chi connectivity index (χ0v) is 15.2. The van der Waals surface area contributed by atoms with Gasteiger partial charge < -0.3 is 14.6 Å².